The Bertz CT molecular complexity index is 934. The summed E-state index contributed by atoms with van der Waals surface area (Å²) in [5.74, 6) is 0.273. The number of hydrogen-bond acceptors (Lipinski definition) is 3. The van der Waals surface area contributed by atoms with Gasteiger partial charge in [0, 0.05) is 24.4 Å². The van der Waals surface area contributed by atoms with Crippen molar-refractivity contribution in [3.05, 3.63) is 99.7 Å². The number of nitrogens with zero attached hydrogens (tertiary/aromatic N) is 2. The van der Waals surface area contributed by atoms with Crippen molar-refractivity contribution in [2.45, 2.75) is 13.0 Å². The van der Waals surface area contributed by atoms with Crippen molar-refractivity contribution in [1.82, 2.24) is 14.9 Å². The van der Waals surface area contributed by atoms with Crippen molar-refractivity contribution in [2.75, 3.05) is 0 Å². The van der Waals surface area contributed by atoms with Crippen LogP contribution in [0.25, 0.3) is 0 Å². The first-order chi connectivity index (χ1) is 12.1. The van der Waals surface area contributed by atoms with E-state index in [1.54, 1.807) is 32.3 Å². The van der Waals surface area contributed by atoms with Crippen molar-refractivity contribution in [2.24, 2.45) is 7.05 Å². The monoisotopic (exact) mass is 333 g/mol. The van der Waals surface area contributed by atoms with Crippen LogP contribution in [-0.2, 0) is 7.05 Å². The topological polar surface area (TPSA) is 64.0 Å². The Hall–Kier alpha value is -3.21. The third-order valence-corrected chi connectivity index (χ3v) is 4.08. The fraction of sp³-hybridized carbons (Fsp3) is 0.150. The minimum atomic E-state index is -0.521. The van der Waals surface area contributed by atoms with Gasteiger partial charge in [-0.3, -0.25) is 14.2 Å². The summed E-state index contributed by atoms with van der Waals surface area (Å²) in [4.78, 5) is 29.3. The predicted molar refractivity (Wildman–Crippen MR) is 96.4 cm³/mol. The van der Waals surface area contributed by atoms with Crippen LogP contribution in [0, 0.1) is 6.92 Å². The molecule has 0 spiro atoms. The molecule has 5 nitrogen and oxygen atoms in total. The molecule has 1 atom stereocenters. The maximum Gasteiger partial charge on any atom is 0.256 e. The van der Waals surface area contributed by atoms with E-state index in [-0.39, 0.29) is 11.5 Å². The van der Waals surface area contributed by atoms with Gasteiger partial charge in [-0.2, -0.15) is 0 Å². The van der Waals surface area contributed by atoms with E-state index in [1.807, 2.05) is 48.5 Å². The largest absolute Gasteiger partial charge is 0.338 e. The van der Waals surface area contributed by atoms with Crippen LogP contribution in [-0.4, -0.2) is 15.5 Å². The maximum absolute atomic E-state index is 12.6. The van der Waals surface area contributed by atoms with Crippen molar-refractivity contribution in [1.29, 1.82) is 0 Å². The summed E-state index contributed by atoms with van der Waals surface area (Å²) in [6.45, 7) is 1.72. The van der Waals surface area contributed by atoms with E-state index in [4.69, 9.17) is 0 Å². The maximum atomic E-state index is 12.6. The molecule has 5 heteroatoms. The van der Waals surface area contributed by atoms with Gasteiger partial charge in [-0.25, -0.2) is 4.98 Å². The van der Waals surface area contributed by atoms with Gasteiger partial charge in [0.15, 0.2) is 0 Å². The number of aromatic nitrogens is 2. The Morgan fingerprint density at radius 1 is 1.04 bits per heavy atom. The van der Waals surface area contributed by atoms with E-state index in [0.717, 1.165) is 5.56 Å². The minimum Gasteiger partial charge on any atom is -0.338 e. The van der Waals surface area contributed by atoms with Crippen molar-refractivity contribution in [3.8, 4) is 0 Å². The molecule has 0 saturated heterocycles. The summed E-state index contributed by atoms with van der Waals surface area (Å²) in [6, 6.07) is 18.0. The molecule has 1 heterocycles. The summed E-state index contributed by atoms with van der Waals surface area (Å²) < 4.78 is 1.48. The molecule has 126 valence electrons. The first-order valence-electron chi connectivity index (χ1n) is 8.01. The van der Waals surface area contributed by atoms with Gasteiger partial charge in [0.05, 0.1) is 0 Å². The molecule has 0 saturated carbocycles. The average molecular weight is 333 g/mol. The molecule has 0 unspecified atom stereocenters. The lowest BCUT2D eigenvalue weighted by Crippen LogP contribution is -2.35. The molecule has 25 heavy (non-hydrogen) atoms. The Kier molecular flexibility index (Phi) is 4.75. The molecule has 0 radical (unpaired) electrons. The highest BCUT2D eigenvalue weighted by Gasteiger charge is 2.22. The van der Waals surface area contributed by atoms with Crippen LogP contribution in [0.1, 0.15) is 33.4 Å². The molecule has 1 amide bonds. The Balaban J connectivity index is 2.04. The molecule has 0 bridgehead atoms. The van der Waals surface area contributed by atoms with Crippen molar-refractivity contribution in [3.63, 3.8) is 0 Å². The van der Waals surface area contributed by atoms with E-state index in [9.17, 15) is 9.59 Å². The predicted octanol–water partition coefficient (Wildman–Crippen LogP) is 2.61. The fourth-order valence-electron chi connectivity index (χ4n) is 2.69. The Morgan fingerprint density at radius 2 is 1.64 bits per heavy atom. The molecule has 1 aromatic heterocycles. The Labute approximate surface area is 146 Å². The number of carbonyl (C=O) groups is 1. The fourth-order valence-corrected chi connectivity index (χ4v) is 2.69. The van der Waals surface area contributed by atoms with Gasteiger partial charge in [-0.15, -0.1) is 0 Å². The molecule has 0 fully saturated rings. The number of nitrogens with one attached hydrogen (secondary N) is 1. The van der Waals surface area contributed by atoms with Crippen LogP contribution in [0.4, 0.5) is 0 Å². The molecular weight excluding hydrogens is 314 g/mol. The lowest BCUT2D eigenvalue weighted by Gasteiger charge is -2.21. The molecule has 2 aromatic carbocycles. The first kappa shape index (κ1) is 16.6. The van der Waals surface area contributed by atoms with Gasteiger partial charge in [-0.05, 0) is 24.6 Å². The number of benzene rings is 2. The normalized spacial score (nSPS) is 11.8. The number of carbonyl (C=O) groups excluding carboxylic acids is 1. The van der Waals surface area contributed by atoms with Gasteiger partial charge in [-0.1, -0.05) is 48.5 Å². The number of hydrogen-bond donors (Lipinski definition) is 1. The molecule has 3 aromatic rings. The highest BCUT2D eigenvalue weighted by atomic mass is 16.2. The third-order valence-electron chi connectivity index (χ3n) is 4.08. The molecule has 1 N–H and O–H groups in total. The molecule has 0 aliphatic carbocycles. The van der Waals surface area contributed by atoms with E-state index < -0.39 is 6.04 Å². The quantitative estimate of drug-likeness (QED) is 0.798. The summed E-state index contributed by atoms with van der Waals surface area (Å²) >= 11 is 0. The van der Waals surface area contributed by atoms with E-state index in [2.05, 4.69) is 10.3 Å². The zero-order valence-electron chi connectivity index (χ0n) is 14.1. The number of rotatable bonds is 4. The second kappa shape index (κ2) is 7.13. The van der Waals surface area contributed by atoms with E-state index in [1.165, 1.54) is 4.57 Å². The molecule has 3 rings (SSSR count). The summed E-state index contributed by atoms with van der Waals surface area (Å²) in [5.41, 5.74) is 1.85. The SMILES string of the molecule is Cc1cnc([C@@H](NC(=O)c2ccccc2)c2ccccc2)n(C)c1=O. The molecule has 0 aliphatic heterocycles. The highest BCUT2D eigenvalue weighted by Crippen LogP contribution is 2.20. The van der Waals surface area contributed by atoms with Crippen LogP contribution in [0.3, 0.4) is 0 Å². The average Bonchev–Trinajstić information content (AvgIpc) is 2.66. The van der Waals surface area contributed by atoms with Gasteiger partial charge >= 0.3 is 0 Å². The summed E-state index contributed by atoms with van der Waals surface area (Å²) in [5, 5.41) is 2.99. The highest BCUT2D eigenvalue weighted by molar-refractivity contribution is 5.94. The van der Waals surface area contributed by atoms with E-state index >= 15 is 0 Å². The zero-order chi connectivity index (χ0) is 17.8. The number of amides is 1. The lowest BCUT2D eigenvalue weighted by atomic mass is 10.0. The van der Waals surface area contributed by atoms with Crippen LogP contribution in [0.5, 0.6) is 0 Å². The number of aryl methyl sites for hydroxylation is 1. The lowest BCUT2D eigenvalue weighted by molar-refractivity contribution is 0.0941. The van der Waals surface area contributed by atoms with Gasteiger partial charge in [0.2, 0.25) is 0 Å². The smallest absolute Gasteiger partial charge is 0.256 e. The van der Waals surface area contributed by atoms with Crippen molar-refractivity contribution < 1.29 is 4.79 Å². The van der Waals surface area contributed by atoms with Gasteiger partial charge in [0.25, 0.3) is 11.5 Å². The summed E-state index contributed by atoms with van der Waals surface area (Å²) in [7, 11) is 1.67. The van der Waals surface area contributed by atoms with E-state index in [0.29, 0.717) is 17.0 Å². The third kappa shape index (κ3) is 3.50. The van der Waals surface area contributed by atoms with Gasteiger partial charge < -0.3 is 5.32 Å². The van der Waals surface area contributed by atoms with Crippen LogP contribution >= 0.6 is 0 Å². The Morgan fingerprint density at radius 3 is 2.28 bits per heavy atom. The van der Waals surface area contributed by atoms with Gasteiger partial charge in [0.1, 0.15) is 11.9 Å². The molecule has 0 aliphatic rings. The zero-order valence-corrected chi connectivity index (χ0v) is 14.1. The van der Waals surface area contributed by atoms with Crippen LogP contribution < -0.4 is 10.9 Å². The second-order valence-electron chi connectivity index (χ2n) is 5.85. The first-order valence-corrected chi connectivity index (χ1v) is 8.01. The second-order valence-corrected chi connectivity index (χ2v) is 5.85. The molecular formula is C20H19N3O2. The van der Waals surface area contributed by atoms with Crippen LogP contribution in [0.15, 0.2) is 71.7 Å². The van der Waals surface area contributed by atoms with Crippen LogP contribution in [0.2, 0.25) is 0 Å². The van der Waals surface area contributed by atoms with Crippen molar-refractivity contribution >= 4 is 5.91 Å². The summed E-state index contributed by atoms with van der Waals surface area (Å²) in [6.07, 6.45) is 1.54. The minimum absolute atomic E-state index is 0.125. The standard InChI is InChI=1S/C20H19N3O2/c1-14-13-21-18(23(2)20(14)25)17(15-9-5-3-6-10-15)22-19(24)16-11-7-4-8-12-16/h3-13,17H,1-2H3,(H,22,24)/t17-/m0/s1.